The number of amides is 1. The maximum Gasteiger partial charge on any atom is 0.259 e. The molecule has 18 heavy (non-hydrogen) atoms. The van der Waals surface area contributed by atoms with Crippen LogP contribution in [0.25, 0.3) is 0 Å². The van der Waals surface area contributed by atoms with Crippen molar-refractivity contribution in [2.24, 2.45) is 0 Å². The van der Waals surface area contributed by atoms with E-state index in [0.717, 1.165) is 12.8 Å². The van der Waals surface area contributed by atoms with Gasteiger partial charge in [0.05, 0.1) is 6.10 Å². The number of piperidine rings is 1. The average molecular weight is 250 g/mol. The third-order valence-corrected chi connectivity index (χ3v) is 3.12. The largest absolute Gasteiger partial charge is 0.377 e. The summed E-state index contributed by atoms with van der Waals surface area (Å²) in [5.74, 6) is -0.207. The number of ether oxygens (including phenoxy) is 1. The van der Waals surface area contributed by atoms with E-state index in [4.69, 9.17) is 4.74 Å². The highest BCUT2D eigenvalue weighted by atomic mass is 16.5. The summed E-state index contributed by atoms with van der Waals surface area (Å²) in [5, 5.41) is 0. The first-order valence-corrected chi connectivity index (χ1v) is 6.30. The number of aromatic amines is 1. The zero-order valence-corrected chi connectivity index (χ0v) is 10.5. The number of hydrogen-bond acceptors (Lipinski definition) is 3. The third-order valence-electron chi connectivity index (χ3n) is 3.12. The Labute approximate surface area is 106 Å². The van der Waals surface area contributed by atoms with Gasteiger partial charge < -0.3 is 14.6 Å². The fourth-order valence-corrected chi connectivity index (χ4v) is 2.25. The fraction of sp³-hybridized carbons (Fsp3) is 0.538. The van der Waals surface area contributed by atoms with E-state index in [-0.39, 0.29) is 23.0 Å². The Morgan fingerprint density at radius 2 is 2.44 bits per heavy atom. The number of likely N-dealkylation sites (tertiary alicyclic amines) is 1. The van der Waals surface area contributed by atoms with Crippen LogP contribution >= 0.6 is 0 Å². The molecule has 1 aromatic heterocycles. The molecule has 1 fully saturated rings. The summed E-state index contributed by atoms with van der Waals surface area (Å²) in [5.41, 5.74) is -0.0352. The van der Waals surface area contributed by atoms with Gasteiger partial charge >= 0.3 is 0 Å². The number of H-pyrrole nitrogens is 1. The van der Waals surface area contributed by atoms with Crippen molar-refractivity contribution in [2.45, 2.75) is 25.9 Å². The highest BCUT2D eigenvalue weighted by Crippen LogP contribution is 2.14. The fourth-order valence-electron chi connectivity index (χ4n) is 2.25. The predicted molar refractivity (Wildman–Crippen MR) is 67.6 cm³/mol. The van der Waals surface area contributed by atoms with Crippen molar-refractivity contribution in [3.05, 3.63) is 34.2 Å². The number of carbonyl (C=O) groups is 1. The zero-order valence-electron chi connectivity index (χ0n) is 10.5. The van der Waals surface area contributed by atoms with E-state index in [9.17, 15) is 9.59 Å². The van der Waals surface area contributed by atoms with Crippen molar-refractivity contribution in [1.29, 1.82) is 0 Å². The number of aromatic nitrogens is 1. The van der Waals surface area contributed by atoms with E-state index in [1.54, 1.807) is 4.90 Å². The van der Waals surface area contributed by atoms with E-state index in [0.29, 0.717) is 19.7 Å². The SMILES string of the molecule is CCOC1CCCN(C(=O)c2c[nH]ccc2=O)C1. The number of pyridine rings is 1. The number of carbonyl (C=O) groups excluding carboxylic acids is 1. The minimum atomic E-state index is -0.239. The van der Waals surface area contributed by atoms with Crippen LogP contribution in [0.2, 0.25) is 0 Å². The Bertz CT molecular complexity index is 467. The van der Waals surface area contributed by atoms with Crippen LogP contribution in [-0.2, 0) is 4.74 Å². The summed E-state index contributed by atoms with van der Waals surface area (Å²) >= 11 is 0. The number of hydrogen-bond donors (Lipinski definition) is 1. The molecule has 1 amide bonds. The Hall–Kier alpha value is -1.62. The summed E-state index contributed by atoms with van der Waals surface area (Å²) < 4.78 is 5.55. The molecule has 1 saturated heterocycles. The molecular weight excluding hydrogens is 232 g/mol. The molecule has 1 unspecified atom stereocenters. The van der Waals surface area contributed by atoms with Gasteiger partial charge in [-0.3, -0.25) is 9.59 Å². The normalized spacial score (nSPS) is 19.8. The minimum absolute atomic E-state index is 0.0930. The molecule has 2 heterocycles. The smallest absolute Gasteiger partial charge is 0.259 e. The van der Waals surface area contributed by atoms with Crippen LogP contribution in [0, 0.1) is 0 Å². The third kappa shape index (κ3) is 2.79. The lowest BCUT2D eigenvalue weighted by Crippen LogP contribution is -2.44. The van der Waals surface area contributed by atoms with Gasteiger partial charge in [0, 0.05) is 38.2 Å². The molecule has 2 rings (SSSR count). The lowest BCUT2D eigenvalue weighted by Gasteiger charge is -2.32. The Morgan fingerprint density at radius 1 is 1.61 bits per heavy atom. The molecule has 0 aromatic carbocycles. The molecule has 5 nitrogen and oxygen atoms in total. The Kier molecular flexibility index (Phi) is 4.15. The van der Waals surface area contributed by atoms with Crippen LogP contribution in [0.5, 0.6) is 0 Å². The van der Waals surface area contributed by atoms with Gasteiger partial charge in [0.15, 0.2) is 5.43 Å². The van der Waals surface area contributed by atoms with Gasteiger partial charge in [-0.05, 0) is 19.8 Å². The van der Waals surface area contributed by atoms with Crippen molar-refractivity contribution in [2.75, 3.05) is 19.7 Å². The molecule has 0 radical (unpaired) electrons. The summed E-state index contributed by atoms with van der Waals surface area (Å²) in [6.07, 6.45) is 4.98. The zero-order chi connectivity index (χ0) is 13.0. The molecule has 1 aromatic rings. The molecule has 5 heteroatoms. The second kappa shape index (κ2) is 5.82. The first-order valence-electron chi connectivity index (χ1n) is 6.30. The molecule has 0 bridgehead atoms. The van der Waals surface area contributed by atoms with Gasteiger partial charge in [-0.15, -0.1) is 0 Å². The van der Waals surface area contributed by atoms with Crippen LogP contribution in [0.15, 0.2) is 23.3 Å². The molecule has 0 aliphatic carbocycles. The molecule has 1 aliphatic heterocycles. The molecule has 0 saturated carbocycles. The van der Waals surface area contributed by atoms with Crippen LogP contribution < -0.4 is 5.43 Å². The molecule has 1 aliphatic rings. The minimum Gasteiger partial charge on any atom is -0.377 e. The summed E-state index contributed by atoms with van der Waals surface area (Å²) in [6, 6.07) is 1.37. The molecule has 0 spiro atoms. The maximum atomic E-state index is 12.2. The van der Waals surface area contributed by atoms with Crippen LogP contribution in [0.1, 0.15) is 30.1 Å². The first kappa shape index (κ1) is 12.8. The maximum absolute atomic E-state index is 12.2. The van der Waals surface area contributed by atoms with Crippen molar-refractivity contribution in [1.82, 2.24) is 9.88 Å². The quantitative estimate of drug-likeness (QED) is 0.871. The van der Waals surface area contributed by atoms with Crippen LogP contribution in [0.3, 0.4) is 0 Å². The number of rotatable bonds is 3. The van der Waals surface area contributed by atoms with E-state index in [2.05, 4.69) is 4.98 Å². The van der Waals surface area contributed by atoms with E-state index >= 15 is 0 Å². The molecular formula is C13H18N2O3. The standard InChI is InChI=1S/C13H18N2O3/c1-2-18-10-4-3-7-15(9-10)13(17)11-8-14-6-5-12(11)16/h5-6,8,10H,2-4,7,9H2,1H3,(H,14,16). The first-order chi connectivity index (χ1) is 8.72. The van der Waals surface area contributed by atoms with Crippen LogP contribution in [-0.4, -0.2) is 41.6 Å². The van der Waals surface area contributed by atoms with Gasteiger partial charge in [-0.2, -0.15) is 0 Å². The highest BCUT2D eigenvalue weighted by molar-refractivity contribution is 5.93. The average Bonchev–Trinajstić information content (AvgIpc) is 2.39. The monoisotopic (exact) mass is 250 g/mol. The second-order valence-corrected chi connectivity index (χ2v) is 4.39. The lowest BCUT2D eigenvalue weighted by atomic mass is 10.1. The Morgan fingerprint density at radius 3 is 3.17 bits per heavy atom. The van der Waals surface area contributed by atoms with Gasteiger partial charge in [-0.25, -0.2) is 0 Å². The summed E-state index contributed by atoms with van der Waals surface area (Å²) in [7, 11) is 0. The van der Waals surface area contributed by atoms with Crippen LogP contribution in [0.4, 0.5) is 0 Å². The van der Waals surface area contributed by atoms with Gasteiger partial charge in [0.25, 0.3) is 5.91 Å². The molecule has 1 atom stereocenters. The lowest BCUT2D eigenvalue weighted by molar-refractivity contribution is 0.00718. The van der Waals surface area contributed by atoms with E-state index in [1.165, 1.54) is 18.5 Å². The molecule has 1 N–H and O–H groups in total. The topological polar surface area (TPSA) is 62.4 Å². The van der Waals surface area contributed by atoms with Gasteiger partial charge in [0.2, 0.25) is 0 Å². The van der Waals surface area contributed by atoms with Gasteiger partial charge in [-0.1, -0.05) is 0 Å². The predicted octanol–water partition coefficient (Wildman–Crippen LogP) is 1.02. The van der Waals surface area contributed by atoms with Crippen molar-refractivity contribution < 1.29 is 9.53 Å². The van der Waals surface area contributed by atoms with Crippen molar-refractivity contribution in [3.8, 4) is 0 Å². The van der Waals surface area contributed by atoms with Crippen molar-refractivity contribution in [3.63, 3.8) is 0 Å². The van der Waals surface area contributed by atoms with Crippen molar-refractivity contribution >= 4 is 5.91 Å². The Balaban J connectivity index is 2.09. The number of nitrogens with one attached hydrogen (secondary N) is 1. The summed E-state index contributed by atoms with van der Waals surface area (Å²) in [4.78, 5) is 28.3. The van der Waals surface area contributed by atoms with Gasteiger partial charge in [0.1, 0.15) is 5.56 Å². The van der Waals surface area contributed by atoms with E-state index in [1.807, 2.05) is 6.92 Å². The second-order valence-electron chi connectivity index (χ2n) is 4.39. The summed E-state index contributed by atoms with van der Waals surface area (Å²) in [6.45, 7) is 3.86. The number of nitrogens with zero attached hydrogens (tertiary/aromatic N) is 1. The highest BCUT2D eigenvalue weighted by Gasteiger charge is 2.25. The van der Waals surface area contributed by atoms with E-state index < -0.39 is 0 Å². The molecule has 98 valence electrons.